The minimum Gasteiger partial charge on any atom is -0.497 e. The maximum atomic E-state index is 6.46. The quantitative estimate of drug-likeness (QED) is 0.551. The lowest BCUT2D eigenvalue weighted by molar-refractivity contribution is -0.0209. The van der Waals surface area contributed by atoms with Crippen LogP contribution >= 0.6 is 11.6 Å². The van der Waals surface area contributed by atoms with Gasteiger partial charge in [-0.3, -0.25) is 0 Å². The van der Waals surface area contributed by atoms with E-state index in [1.807, 2.05) is 65.7 Å². The van der Waals surface area contributed by atoms with Crippen LogP contribution in [0.2, 0.25) is 5.02 Å². The van der Waals surface area contributed by atoms with Crippen molar-refractivity contribution in [3.05, 3.63) is 88.4 Å². The van der Waals surface area contributed by atoms with Gasteiger partial charge in [0.05, 0.1) is 26.0 Å². The lowest BCUT2D eigenvalue weighted by Crippen LogP contribution is -2.33. The molecule has 0 bridgehead atoms. The monoisotopic (exact) mass is 420 g/mol. The molecule has 0 N–H and O–H groups in total. The molecule has 3 aromatic carbocycles. The summed E-state index contributed by atoms with van der Waals surface area (Å²) in [5, 5.41) is 7.74. The molecule has 0 unspecified atom stereocenters. The van der Waals surface area contributed by atoms with Crippen molar-refractivity contribution in [1.82, 2.24) is 5.01 Å². The topological polar surface area (TPSA) is 43.3 Å². The standard InChI is InChI=1S/C24H21ClN2O3/c1-28-18-12-8-16(9-13-18)24-27-21(19-4-3-5-22(29-2)23(19)30-24)14-20(26-27)15-6-10-17(25)11-7-15/h3-13,21,24H,14H2,1-2H3/t21-,24+/m0/s1. The van der Waals surface area contributed by atoms with Crippen LogP contribution in [0.15, 0.2) is 71.8 Å². The van der Waals surface area contributed by atoms with Gasteiger partial charge in [0.1, 0.15) is 5.75 Å². The highest BCUT2D eigenvalue weighted by molar-refractivity contribution is 6.30. The van der Waals surface area contributed by atoms with Crippen molar-refractivity contribution >= 4 is 17.3 Å². The smallest absolute Gasteiger partial charge is 0.214 e. The summed E-state index contributed by atoms with van der Waals surface area (Å²) in [7, 11) is 3.32. The number of halogens is 1. The van der Waals surface area contributed by atoms with Crippen molar-refractivity contribution in [1.29, 1.82) is 0 Å². The van der Waals surface area contributed by atoms with Crippen molar-refractivity contribution in [3.8, 4) is 17.2 Å². The number of nitrogens with zero attached hydrogens (tertiary/aromatic N) is 2. The first kappa shape index (κ1) is 18.8. The summed E-state index contributed by atoms with van der Waals surface area (Å²) >= 11 is 6.07. The van der Waals surface area contributed by atoms with Gasteiger partial charge in [-0.15, -0.1) is 0 Å². The molecule has 0 saturated carbocycles. The highest BCUT2D eigenvalue weighted by Gasteiger charge is 2.42. The number of fused-ring (bicyclic) bond motifs is 3. The lowest BCUT2D eigenvalue weighted by Gasteiger charge is -2.38. The fourth-order valence-corrected chi connectivity index (χ4v) is 4.18. The van der Waals surface area contributed by atoms with Crippen molar-refractivity contribution in [2.45, 2.75) is 18.7 Å². The first-order chi connectivity index (χ1) is 14.7. The Hall–Kier alpha value is -3.18. The van der Waals surface area contributed by atoms with Gasteiger partial charge in [0.15, 0.2) is 11.5 Å². The van der Waals surface area contributed by atoms with Gasteiger partial charge in [-0.2, -0.15) is 5.10 Å². The van der Waals surface area contributed by atoms with Crippen LogP contribution in [0.25, 0.3) is 0 Å². The SMILES string of the molecule is COc1ccc([C@H]2Oc3c(OC)cccc3[C@@H]3CC(c4ccc(Cl)cc4)=NN23)cc1. The van der Waals surface area contributed by atoms with E-state index >= 15 is 0 Å². The molecule has 2 atom stereocenters. The van der Waals surface area contributed by atoms with Crippen molar-refractivity contribution in [3.63, 3.8) is 0 Å². The highest BCUT2D eigenvalue weighted by Crippen LogP contribution is 2.50. The van der Waals surface area contributed by atoms with Crippen LogP contribution < -0.4 is 14.2 Å². The third-order valence-electron chi connectivity index (χ3n) is 5.58. The molecule has 3 aromatic rings. The van der Waals surface area contributed by atoms with Crippen LogP contribution in [0.1, 0.15) is 35.4 Å². The molecule has 5 rings (SSSR count). The van der Waals surface area contributed by atoms with E-state index in [0.717, 1.165) is 46.1 Å². The Balaban J connectivity index is 1.59. The average molecular weight is 421 g/mol. The Morgan fingerprint density at radius 1 is 0.967 bits per heavy atom. The van der Waals surface area contributed by atoms with E-state index in [1.54, 1.807) is 14.2 Å². The van der Waals surface area contributed by atoms with E-state index in [0.29, 0.717) is 5.02 Å². The van der Waals surface area contributed by atoms with Crippen LogP contribution in [0.4, 0.5) is 0 Å². The molecule has 0 radical (unpaired) electrons. The first-order valence-electron chi connectivity index (χ1n) is 9.77. The normalized spacial score (nSPS) is 19.4. The molecule has 0 amide bonds. The molecule has 0 aliphatic carbocycles. The molecule has 6 heteroatoms. The summed E-state index contributed by atoms with van der Waals surface area (Å²) in [6, 6.07) is 21.8. The molecule has 2 aliphatic heterocycles. The molecule has 152 valence electrons. The van der Waals surface area contributed by atoms with Crippen LogP contribution in [0.3, 0.4) is 0 Å². The Morgan fingerprint density at radius 2 is 1.73 bits per heavy atom. The number of para-hydroxylation sites is 1. The number of hydrogen-bond acceptors (Lipinski definition) is 5. The van der Waals surface area contributed by atoms with Crippen LogP contribution in [-0.2, 0) is 0 Å². The van der Waals surface area contributed by atoms with E-state index in [9.17, 15) is 0 Å². The molecule has 0 fully saturated rings. The first-order valence-corrected chi connectivity index (χ1v) is 10.1. The molecule has 30 heavy (non-hydrogen) atoms. The Bertz CT molecular complexity index is 1100. The van der Waals surface area contributed by atoms with Crippen molar-refractivity contribution in [2.75, 3.05) is 14.2 Å². The number of methoxy groups -OCH3 is 2. The zero-order chi connectivity index (χ0) is 20.7. The van der Waals surface area contributed by atoms with E-state index in [1.165, 1.54) is 0 Å². The van der Waals surface area contributed by atoms with Crippen LogP contribution in [0, 0.1) is 0 Å². The van der Waals surface area contributed by atoms with E-state index in [-0.39, 0.29) is 12.3 Å². The predicted octanol–water partition coefficient (Wildman–Crippen LogP) is 5.60. The van der Waals surface area contributed by atoms with E-state index in [4.69, 9.17) is 30.9 Å². The summed E-state index contributed by atoms with van der Waals surface area (Å²) in [4.78, 5) is 0. The number of ether oxygens (including phenoxy) is 3. The van der Waals surface area contributed by atoms with Gasteiger partial charge in [-0.1, -0.05) is 35.9 Å². The number of hydrazone groups is 1. The second-order valence-electron chi connectivity index (χ2n) is 7.28. The maximum absolute atomic E-state index is 6.46. The third-order valence-corrected chi connectivity index (χ3v) is 5.83. The second-order valence-corrected chi connectivity index (χ2v) is 7.71. The van der Waals surface area contributed by atoms with Gasteiger partial charge in [-0.25, -0.2) is 5.01 Å². The average Bonchev–Trinajstić information content (AvgIpc) is 3.24. The van der Waals surface area contributed by atoms with Crippen molar-refractivity contribution < 1.29 is 14.2 Å². The minimum absolute atomic E-state index is 0.0571. The summed E-state index contributed by atoms with van der Waals surface area (Å²) in [6.45, 7) is 0. The number of benzene rings is 3. The van der Waals surface area contributed by atoms with Gasteiger partial charge >= 0.3 is 0 Å². The fourth-order valence-electron chi connectivity index (χ4n) is 4.05. The summed E-state index contributed by atoms with van der Waals surface area (Å²) < 4.78 is 17.4. The molecule has 0 spiro atoms. The lowest BCUT2D eigenvalue weighted by atomic mass is 9.95. The van der Waals surface area contributed by atoms with E-state index < -0.39 is 0 Å². The third kappa shape index (κ3) is 3.15. The van der Waals surface area contributed by atoms with Crippen LogP contribution in [-0.4, -0.2) is 24.9 Å². The second kappa shape index (κ2) is 7.58. The molecular weight excluding hydrogens is 400 g/mol. The summed E-state index contributed by atoms with van der Waals surface area (Å²) in [6.07, 6.45) is 0.409. The predicted molar refractivity (Wildman–Crippen MR) is 117 cm³/mol. The van der Waals surface area contributed by atoms with Gasteiger partial charge in [0, 0.05) is 22.6 Å². The zero-order valence-corrected chi connectivity index (χ0v) is 17.5. The summed E-state index contributed by atoms with van der Waals surface area (Å²) in [5.74, 6) is 2.30. The molecule has 2 heterocycles. The van der Waals surface area contributed by atoms with Gasteiger partial charge in [-0.05, 0) is 48.0 Å². The molecule has 2 aliphatic rings. The van der Waals surface area contributed by atoms with Gasteiger partial charge in [0.25, 0.3) is 0 Å². The Labute approximate surface area is 180 Å². The molecular formula is C24H21ClN2O3. The van der Waals surface area contributed by atoms with Gasteiger partial charge in [0.2, 0.25) is 6.23 Å². The zero-order valence-electron chi connectivity index (χ0n) is 16.7. The number of hydrogen-bond donors (Lipinski definition) is 0. The molecule has 5 nitrogen and oxygen atoms in total. The van der Waals surface area contributed by atoms with Gasteiger partial charge < -0.3 is 14.2 Å². The summed E-state index contributed by atoms with van der Waals surface area (Å²) in [5.41, 5.74) is 4.14. The van der Waals surface area contributed by atoms with Crippen molar-refractivity contribution in [2.24, 2.45) is 5.10 Å². The highest BCUT2D eigenvalue weighted by atomic mass is 35.5. The van der Waals surface area contributed by atoms with E-state index in [2.05, 4.69) is 6.07 Å². The minimum atomic E-state index is -0.366. The van der Waals surface area contributed by atoms with Crippen LogP contribution in [0.5, 0.6) is 17.2 Å². The fraction of sp³-hybridized carbons (Fsp3) is 0.208. The Kier molecular flexibility index (Phi) is 4.75. The maximum Gasteiger partial charge on any atom is 0.214 e. The molecule has 0 aromatic heterocycles. The number of rotatable bonds is 4. The largest absolute Gasteiger partial charge is 0.497 e. The molecule has 0 saturated heterocycles. The Morgan fingerprint density at radius 3 is 2.43 bits per heavy atom.